The number of carbonyl (C=O) groups is 1. The first kappa shape index (κ1) is 14.6. The maximum atomic E-state index is 11.4. The predicted molar refractivity (Wildman–Crippen MR) is 91.1 cm³/mol. The summed E-state index contributed by atoms with van der Waals surface area (Å²) in [5, 5.41) is 14.8. The van der Waals surface area contributed by atoms with Crippen LogP contribution in [0.25, 0.3) is 22.3 Å². The van der Waals surface area contributed by atoms with Crippen molar-refractivity contribution >= 4 is 28.3 Å². The summed E-state index contributed by atoms with van der Waals surface area (Å²) in [5.74, 6) is -0.246. The van der Waals surface area contributed by atoms with E-state index in [0.29, 0.717) is 17.3 Å². The van der Waals surface area contributed by atoms with Crippen molar-refractivity contribution in [3.63, 3.8) is 0 Å². The Hall–Kier alpha value is -2.98. The third-order valence-electron chi connectivity index (χ3n) is 3.89. The number of primary amides is 1. The molecule has 0 saturated heterocycles. The second kappa shape index (κ2) is 5.58. The zero-order valence-corrected chi connectivity index (χ0v) is 13.5. The first-order valence-corrected chi connectivity index (χ1v) is 8.35. The van der Waals surface area contributed by atoms with Crippen molar-refractivity contribution < 1.29 is 4.79 Å². The Morgan fingerprint density at radius 3 is 2.75 bits per heavy atom. The van der Waals surface area contributed by atoms with Gasteiger partial charge < -0.3 is 5.73 Å². The molecule has 118 valence electrons. The number of benzene rings is 1. The van der Waals surface area contributed by atoms with Gasteiger partial charge in [-0.2, -0.15) is 10.4 Å². The fourth-order valence-corrected chi connectivity index (χ4v) is 3.58. The number of nitrogens with two attached hydrogens (primary N) is 1. The van der Waals surface area contributed by atoms with Gasteiger partial charge in [-0.25, -0.2) is 9.50 Å². The molecule has 2 aromatic heterocycles. The van der Waals surface area contributed by atoms with E-state index in [1.54, 1.807) is 15.9 Å². The summed E-state index contributed by atoms with van der Waals surface area (Å²) in [6.45, 7) is 0. The van der Waals surface area contributed by atoms with E-state index in [1.807, 2.05) is 36.4 Å². The number of amides is 1. The maximum Gasteiger partial charge on any atom is 0.259 e. The number of nitrogens with zero attached hydrogens (tertiary/aromatic N) is 4. The molecule has 3 aromatic rings. The molecular weight excluding hydrogens is 322 g/mol. The standard InChI is InChI=1S/C17H13N5OS/c18-9-12(15(19)23)8-13-14(10-4-2-1-3-5-10)20-17-22(13)21-16(24-17)11-6-7-11/h1-5,8,11H,6-7H2,(H2,19,23)/b12-8+. The second-order valence-electron chi connectivity index (χ2n) is 5.65. The van der Waals surface area contributed by atoms with Crippen LogP contribution in [0.5, 0.6) is 0 Å². The van der Waals surface area contributed by atoms with Crippen LogP contribution in [-0.2, 0) is 4.79 Å². The van der Waals surface area contributed by atoms with Gasteiger partial charge >= 0.3 is 0 Å². The van der Waals surface area contributed by atoms with Crippen LogP contribution in [0.1, 0.15) is 29.5 Å². The summed E-state index contributed by atoms with van der Waals surface area (Å²) >= 11 is 1.55. The molecule has 1 aliphatic rings. The zero-order chi connectivity index (χ0) is 16.7. The lowest BCUT2D eigenvalue weighted by Crippen LogP contribution is -2.12. The first-order chi connectivity index (χ1) is 11.7. The van der Waals surface area contributed by atoms with Crippen LogP contribution in [0.4, 0.5) is 0 Å². The number of fused-ring (bicyclic) bond motifs is 1. The van der Waals surface area contributed by atoms with Gasteiger partial charge in [0, 0.05) is 11.5 Å². The van der Waals surface area contributed by atoms with Gasteiger partial charge in [-0.05, 0) is 18.9 Å². The van der Waals surface area contributed by atoms with Crippen LogP contribution in [-0.4, -0.2) is 20.5 Å². The number of hydrogen-bond acceptors (Lipinski definition) is 5. The SMILES string of the molecule is N#C/C(=C\c1c(-c2ccccc2)nc2sc(C3CC3)nn12)C(N)=O. The van der Waals surface area contributed by atoms with Crippen LogP contribution >= 0.6 is 11.3 Å². The van der Waals surface area contributed by atoms with Gasteiger partial charge in [0.15, 0.2) is 0 Å². The number of carbonyl (C=O) groups excluding carboxylic acids is 1. The number of imidazole rings is 1. The molecule has 0 aliphatic heterocycles. The number of rotatable bonds is 4. The smallest absolute Gasteiger partial charge is 0.259 e. The topological polar surface area (TPSA) is 97.1 Å². The van der Waals surface area contributed by atoms with Crippen LogP contribution in [0.3, 0.4) is 0 Å². The molecule has 0 spiro atoms. The maximum absolute atomic E-state index is 11.4. The van der Waals surface area contributed by atoms with Gasteiger partial charge in [0.05, 0.1) is 11.4 Å². The highest BCUT2D eigenvalue weighted by Crippen LogP contribution is 2.42. The van der Waals surface area contributed by atoms with Crippen molar-refractivity contribution in [3.05, 3.63) is 46.6 Å². The molecule has 0 bridgehead atoms. The van der Waals surface area contributed by atoms with E-state index in [-0.39, 0.29) is 5.57 Å². The van der Waals surface area contributed by atoms with Crippen molar-refractivity contribution in [2.75, 3.05) is 0 Å². The van der Waals surface area contributed by atoms with Crippen LogP contribution in [0, 0.1) is 11.3 Å². The van der Waals surface area contributed by atoms with Gasteiger partial charge in [-0.1, -0.05) is 41.7 Å². The Morgan fingerprint density at radius 1 is 1.38 bits per heavy atom. The molecule has 0 unspecified atom stereocenters. The van der Waals surface area contributed by atoms with Crippen LogP contribution in [0.2, 0.25) is 0 Å². The third-order valence-corrected chi connectivity index (χ3v) is 4.97. The Kier molecular flexibility index (Phi) is 3.40. The lowest BCUT2D eigenvalue weighted by Gasteiger charge is -2.00. The van der Waals surface area contributed by atoms with Gasteiger partial charge in [-0.15, -0.1) is 0 Å². The summed E-state index contributed by atoms with van der Waals surface area (Å²) in [6, 6.07) is 11.5. The van der Waals surface area contributed by atoms with Crippen LogP contribution < -0.4 is 5.73 Å². The molecule has 4 rings (SSSR count). The fraction of sp³-hybridized carbons (Fsp3) is 0.176. The molecule has 2 heterocycles. The lowest BCUT2D eigenvalue weighted by atomic mass is 10.1. The minimum Gasteiger partial charge on any atom is -0.365 e. The molecule has 7 heteroatoms. The van der Waals surface area contributed by atoms with Gasteiger partial charge in [0.25, 0.3) is 5.91 Å². The van der Waals surface area contributed by atoms with Crippen molar-refractivity contribution in [1.82, 2.24) is 14.6 Å². The highest BCUT2D eigenvalue weighted by molar-refractivity contribution is 7.16. The average molecular weight is 335 g/mol. The molecule has 0 radical (unpaired) electrons. The first-order valence-electron chi connectivity index (χ1n) is 7.54. The molecule has 24 heavy (non-hydrogen) atoms. The molecule has 6 nitrogen and oxygen atoms in total. The van der Waals surface area contributed by atoms with Crippen molar-refractivity contribution in [1.29, 1.82) is 5.26 Å². The van der Waals surface area contributed by atoms with E-state index < -0.39 is 5.91 Å². The van der Waals surface area contributed by atoms with E-state index >= 15 is 0 Å². The summed E-state index contributed by atoms with van der Waals surface area (Å²) in [4.78, 5) is 16.9. The molecule has 1 aliphatic carbocycles. The van der Waals surface area contributed by atoms with E-state index in [2.05, 4.69) is 10.1 Å². The Morgan fingerprint density at radius 2 is 2.12 bits per heavy atom. The van der Waals surface area contributed by atoms with Crippen molar-refractivity contribution in [2.24, 2.45) is 5.73 Å². The number of hydrogen-bond donors (Lipinski definition) is 1. The number of nitriles is 1. The van der Waals surface area contributed by atoms with Gasteiger partial charge in [-0.3, -0.25) is 4.79 Å². The molecule has 0 atom stereocenters. The second-order valence-corrected chi connectivity index (χ2v) is 6.64. The fourth-order valence-electron chi connectivity index (χ4n) is 2.51. The molecular formula is C17H13N5OS. The quantitative estimate of drug-likeness (QED) is 0.585. The third kappa shape index (κ3) is 2.47. The largest absolute Gasteiger partial charge is 0.365 e. The monoisotopic (exact) mass is 335 g/mol. The summed E-state index contributed by atoms with van der Waals surface area (Å²) in [7, 11) is 0. The highest BCUT2D eigenvalue weighted by Gasteiger charge is 2.29. The predicted octanol–water partition coefficient (Wildman–Crippen LogP) is 2.73. The van der Waals surface area contributed by atoms with E-state index in [9.17, 15) is 4.79 Å². The van der Waals surface area contributed by atoms with Gasteiger partial charge in [0.2, 0.25) is 4.96 Å². The molecule has 1 saturated carbocycles. The van der Waals surface area contributed by atoms with E-state index in [4.69, 9.17) is 11.0 Å². The normalized spacial score (nSPS) is 14.7. The Labute approximate surface area is 141 Å². The van der Waals surface area contributed by atoms with E-state index in [0.717, 1.165) is 28.4 Å². The summed E-state index contributed by atoms with van der Waals surface area (Å²) in [5.41, 5.74) is 7.36. The van der Waals surface area contributed by atoms with Crippen molar-refractivity contribution in [2.45, 2.75) is 18.8 Å². The minimum atomic E-state index is -0.760. The average Bonchev–Trinajstić information content (AvgIpc) is 3.27. The van der Waals surface area contributed by atoms with Crippen LogP contribution in [0.15, 0.2) is 35.9 Å². The molecule has 1 amide bonds. The lowest BCUT2D eigenvalue weighted by molar-refractivity contribution is -0.114. The van der Waals surface area contributed by atoms with Crippen molar-refractivity contribution in [3.8, 4) is 17.3 Å². The Balaban J connectivity index is 1.95. The highest BCUT2D eigenvalue weighted by atomic mass is 32.1. The molecule has 1 fully saturated rings. The zero-order valence-electron chi connectivity index (χ0n) is 12.6. The minimum absolute atomic E-state index is 0.116. The van der Waals surface area contributed by atoms with E-state index in [1.165, 1.54) is 6.08 Å². The molecule has 1 aromatic carbocycles. The summed E-state index contributed by atoms with van der Waals surface area (Å²) < 4.78 is 1.71. The van der Waals surface area contributed by atoms with Gasteiger partial charge in [0.1, 0.15) is 16.6 Å². The number of aromatic nitrogens is 3. The molecule has 2 N–H and O–H groups in total. The summed E-state index contributed by atoms with van der Waals surface area (Å²) in [6.07, 6.45) is 3.78. The Bertz CT molecular complexity index is 1000.